The first-order valence-corrected chi connectivity index (χ1v) is 10.6. The highest BCUT2D eigenvalue weighted by Gasteiger charge is 2.38. The van der Waals surface area contributed by atoms with Gasteiger partial charge in [0, 0.05) is 12.7 Å². The summed E-state index contributed by atoms with van der Waals surface area (Å²) in [7, 11) is 0. The minimum absolute atomic E-state index is 0.231. The van der Waals surface area contributed by atoms with E-state index in [0.29, 0.717) is 0 Å². The maximum atomic E-state index is 13.3. The summed E-state index contributed by atoms with van der Waals surface area (Å²) in [4.78, 5) is 28.2. The Bertz CT molecular complexity index is 1180. The lowest BCUT2D eigenvalue weighted by Gasteiger charge is -2.22. The maximum absolute atomic E-state index is 13.3. The van der Waals surface area contributed by atoms with Gasteiger partial charge in [0.05, 0.1) is 29.3 Å². The van der Waals surface area contributed by atoms with E-state index in [9.17, 15) is 30.7 Å². The summed E-state index contributed by atoms with van der Waals surface area (Å²) in [5.74, 6) is -4.80. The molecule has 0 spiro atoms. The predicted octanol–water partition coefficient (Wildman–Crippen LogP) is 4.31. The number of nitrogens with one attached hydrogen (secondary N) is 1. The number of hydrogen-bond acceptors (Lipinski definition) is 5. The topological polar surface area (TPSA) is 124 Å². The van der Waals surface area contributed by atoms with Crippen molar-refractivity contribution in [1.82, 2.24) is 24.6 Å². The molecule has 1 aromatic carbocycles. The molecule has 0 aliphatic carbocycles. The number of halogens is 7. The Labute approximate surface area is 204 Å². The summed E-state index contributed by atoms with van der Waals surface area (Å²) >= 11 is 0. The van der Waals surface area contributed by atoms with Gasteiger partial charge < -0.3 is 15.2 Å². The lowest BCUT2D eigenvalue weighted by atomic mass is 10.2. The number of carbonyl (C=O) groups is 2. The summed E-state index contributed by atoms with van der Waals surface area (Å²) < 4.78 is 78.8. The molecule has 3 aromatic rings. The fraction of sp³-hybridized carbons (Fsp3) is 0.429. The van der Waals surface area contributed by atoms with Gasteiger partial charge in [0.2, 0.25) is 0 Å². The smallest absolute Gasteiger partial charge is 0.475 e. The second kappa shape index (κ2) is 12.0. The lowest BCUT2D eigenvalue weighted by molar-refractivity contribution is -0.193. The fourth-order valence-electron chi connectivity index (χ4n) is 3.38. The van der Waals surface area contributed by atoms with Crippen LogP contribution in [0.3, 0.4) is 0 Å². The Balaban J connectivity index is 0.000000286. The number of likely N-dealkylation sites (tertiary alicyclic amines) is 1. The minimum Gasteiger partial charge on any atom is -0.475 e. The van der Waals surface area contributed by atoms with Crippen molar-refractivity contribution in [2.24, 2.45) is 0 Å². The summed E-state index contributed by atoms with van der Waals surface area (Å²) in [5.41, 5.74) is 2.65. The number of hydrogen-bond donors (Lipinski definition) is 3. The zero-order chi connectivity index (χ0) is 28.0. The standard InChI is InChI=1S/C17H20FN5.2C2HF3O2/c1-12-6-8-23(21-12)10-9-22-7-2-3-16(22)17-19-14-5-4-13(18)11-15(14)20-17;2*3-2(4,5)1(6)7/h4-6,8,11,16H,2-3,7,9-10H2,1H3,(H,19,20);2*(H,6,7). The minimum atomic E-state index is -5.08. The SMILES string of the molecule is Cc1ccn(CCN2CCCC2c2nc3ccc(F)cc3[nH]2)n1.O=C(O)C(F)(F)F.O=C(O)C(F)(F)F. The average molecular weight is 541 g/mol. The van der Waals surface area contributed by atoms with Gasteiger partial charge in [0.25, 0.3) is 0 Å². The highest BCUT2D eigenvalue weighted by molar-refractivity contribution is 5.75. The van der Waals surface area contributed by atoms with Crippen molar-refractivity contribution >= 4 is 23.0 Å². The van der Waals surface area contributed by atoms with Crippen LogP contribution in [0.1, 0.15) is 30.4 Å². The molecule has 1 saturated heterocycles. The van der Waals surface area contributed by atoms with Gasteiger partial charge in [0.1, 0.15) is 11.6 Å². The summed E-state index contributed by atoms with van der Waals surface area (Å²) in [6.07, 6.45) is -5.90. The Hall–Kier alpha value is -3.69. The zero-order valence-electron chi connectivity index (χ0n) is 19.1. The third-order valence-electron chi connectivity index (χ3n) is 5.02. The van der Waals surface area contributed by atoms with E-state index in [-0.39, 0.29) is 11.9 Å². The fourth-order valence-corrected chi connectivity index (χ4v) is 3.38. The van der Waals surface area contributed by atoms with Gasteiger partial charge in [0.15, 0.2) is 0 Å². The quantitative estimate of drug-likeness (QED) is 0.421. The molecule has 1 fully saturated rings. The van der Waals surface area contributed by atoms with E-state index >= 15 is 0 Å². The first-order valence-electron chi connectivity index (χ1n) is 10.6. The van der Waals surface area contributed by atoms with Gasteiger partial charge in [-0.3, -0.25) is 9.58 Å². The second-order valence-corrected chi connectivity index (χ2v) is 7.80. The molecule has 37 heavy (non-hydrogen) atoms. The van der Waals surface area contributed by atoms with E-state index in [0.717, 1.165) is 55.0 Å². The van der Waals surface area contributed by atoms with Crippen LogP contribution in [0.25, 0.3) is 11.0 Å². The van der Waals surface area contributed by atoms with Crippen LogP contribution in [0.5, 0.6) is 0 Å². The number of benzene rings is 1. The van der Waals surface area contributed by atoms with Gasteiger partial charge >= 0.3 is 24.3 Å². The van der Waals surface area contributed by atoms with Crippen molar-refractivity contribution in [3.05, 3.63) is 47.8 Å². The summed E-state index contributed by atoms with van der Waals surface area (Å²) in [6, 6.07) is 7.00. The Morgan fingerprint density at radius 3 is 2.16 bits per heavy atom. The van der Waals surface area contributed by atoms with Crippen molar-refractivity contribution in [3.8, 4) is 0 Å². The molecule has 0 amide bonds. The van der Waals surface area contributed by atoms with Crippen LogP contribution in [0.15, 0.2) is 30.5 Å². The molecule has 1 atom stereocenters. The first-order chi connectivity index (χ1) is 17.1. The van der Waals surface area contributed by atoms with Crippen LogP contribution in [-0.4, -0.2) is 72.2 Å². The third-order valence-corrected chi connectivity index (χ3v) is 5.02. The van der Waals surface area contributed by atoms with Crippen LogP contribution in [0.2, 0.25) is 0 Å². The second-order valence-electron chi connectivity index (χ2n) is 7.80. The normalized spacial score (nSPS) is 16.1. The highest BCUT2D eigenvalue weighted by atomic mass is 19.4. The number of fused-ring (bicyclic) bond motifs is 1. The number of H-pyrrole nitrogens is 1. The average Bonchev–Trinajstić information content (AvgIpc) is 3.50. The monoisotopic (exact) mass is 541 g/mol. The molecule has 1 aliphatic rings. The summed E-state index contributed by atoms with van der Waals surface area (Å²) in [5, 5.41) is 18.7. The van der Waals surface area contributed by atoms with Crippen LogP contribution < -0.4 is 0 Å². The van der Waals surface area contributed by atoms with Crippen molar-refractivity contribution in [2.75, 3.05) is 13.1 Å². The van der Waals surface area contributed by atoms with Gasteiger partial charge in [-0.25, -0.2) is 19.0 Å². The number of carboxylic acids is 2. The largest absolute Gasteiger partial charge is 0.490 e. The number of rotatable bonds is 4. The molecule has 1 unspecified atom stereocenters. The first kappa shape index (κ1) is 29.5. The van der Waals surface area contributed by atoms with Crippen LogP contribution >= 0.6 is 0 Å². The number of carboxylic acid groups (broad SMARTS) is 2. The molecule has 0 radical (unpaired) electrons. The van der Waals surface area contributed by atoms with Crippen molar-refractivity contribution in [3.63, 3.8) is 0 Å². The highest BCUT2D eigenvalue weighted by Crippen LogP contribution is 2.31. The molecule has 3 heterocycles. The molecule has 2 aromatic heterocycles. The van der Waals surface area contributed by atoms with Crippen LogP contribution in [0, 0.1) is 12.7 Å². The molecule has 204 valence electrons. The number of alkyl halides is 6. The van der Waals surface area contributed by atoms with Crippen LogP contribution in [0.4, 0.5) is 30.7 Å². The third kappa shape index (κ3) is 9.04. The molecule has 4 rings (SSSR count). The molecule has 0 bridgehead atoms. The van der Waals surface area contributed by atoms with Crippen molar-refractivity contribution in [1.29, 1.82) is 0 Å². The number of aryl methyl sites for hydroxylation is 1. The Morgan fingerprint density at radius 1 is 1.05 bits per heavy atom. The van der Waals surface area contributed by atoms with E-state index in [1.54, 1.807) is 6.07 Å². The number of aromatic amines is 1. The van der Waals surface area contributed by atoms with Gasteiger partial charge in [-0.1, -0.05) is 0 Å². The molecular formula is C21H22F7N5O4. The van der Waals surface area contributed by atoms with Gasteiger partial charge in [-0.05, 0) is 50.6 Å². The van der Waals surface area contributed by atoms with Crippen LogP contribution in [-0.2, 0) is 16.1 Å². The molecule has 3 N–H and O–H groups in total. The van der Waals surface area contributed by atoms with E-state index in [2.05, 4.69) is 20.0 Å². The molecule has 9 nitrogen and oxygen atoms in total. The molecule has 1 aliphatic heterocycles. The number of nitrogens with zero attached hydrogens (tertiary/aromatic N) is 4. The van der Waals surface area contributed by atoms with Crippen molar-refractivity contribution < 1.29 is 50.5 Å². The van der Waals surface area contributed by atoms with E-state index in [4.69, 9.17) is 19.8 Å². The predicted molar refractivity (Wildman–Crippen MR) is 114 cm³/mol. The molecule has 16 heteroatoms. The molecule has 0 saturated carbocycles. The van der Waals surface area contributed by atoms with E-state index in [1.165, 1.54) is 12.1 Å². The van der Waals surface area contributed by atoms with E-state index < -0.39 is 24.3 Å². The maximum Gasteiger partial charge on any atom is 0.490 e. The summed E-state index contributed by atoms with van der Waals surface area (Å²) in [6.45, 7) is 4.88. The zero-order valence-corrected chi connectivity index (χ0v) is 19.1. The Kier molecular flexibility index (Phi) is 9.61. The number of aliphatic carboxylic acids is 2. The van der Waals surface area contributed by atoms with Crippen molar-refractivity contribution in [2.45, 2.75) is 44.7 Å². The van der Waals surface area contributed by atoms with Gasteiger partial charge in [-0.2, -0.15) is 31.4 Å². The van der Waals surface area contributed by atoms with E-state index in [1.807, 2.05) is 23.9 Å². The molecular weight excluding hydrogens is 519 g/mol. The van der Waals surface area contributed by atoms with Gasteiger partial charge in [-0.15, -0.1) is 0 Å². The lowest BCUT2D eigenvalue weighted by Crippen LogP contribution is -2.28. The number of aromatic nitrogens is 4. The Morgan fingerprint density at radius 2 is 1.65 bits per heavy atom. The number of imidazole rings is 1.